The molecule has 0 saturated heterocycles. The van der Waals surface area contributed by atoms with Gasteiger partial charge in [-0.3, -0.25) is 9.59 Å². The smallest absolute Gasteiger partial charge is 0.254 e. The van der Waals surface area contributed by atoms with E-state index in [-0.39, 0.29) is 38.2 Å². The van der Waals surface area contributed by atoms with Gasteiger partial charge in [-0.25, -0.2) is 0 Å². The number of benzene rings is 2. The minimum Gasteiger partial charge on any atom is -0.467 e. The molecule has 0 N–H and O–H groups in total. The topological polar surface area (TPSA) is 72.2 Å². The second-order valence-corrected chi connectivity index (χ2v) is 7.36. The van der Waals surface area contributed by atoms with E-state index < -0.39 is 0 Å². The predicted molar refractivity (Wildman–Crippen MR) is 118 cm³/mol. The number of furan rings is 1. The van der Waals surface area contributed by atoms with E-state index in [9.17, 15) is 9.59 Å². The molecule has 32 heavy (non-hydrogen) atoms. The Kier molecular flexibility index (Phi) is 6.55. The highest BCUT2D eigenvalue weighted by Gasteiger charge is 2.23. The van der Waals surface area contributed by atoms with Crippen LogP contribution in [0.3, 0.4) is 0 Å². The van der Waals surface area contributed by atoms with Crippen LogP contribution in [0.25, 0.3) is 0 Å². The van der Waals surface area contributed by atoms with Crippen molar-refractivity contribution in [3.8, 4) is 11.5 Å². The van der Waals surface area contributed by atoms with Gasteiger partial charge in [-0.05, 0) is 42.0 Å². The monoisotopic (exact) mass is 432 g/mol. The quantitative estimate of drug-likeness (QED) is 0.480. The lowest BCUT2D eigenvalue weighted by Crippen LogP contribution is -2.42. The SMILES string of the molecule is C=CCN(CC(=O)N(Cc1ccc2c(c1)OCO2)Cc1ccco1)C(=O)c1ccccc1. The van der Waals surface area contributed by atoms with Gasteiger partial charge in [0.25, 0.3) is 5.91 Å². The van der Waals surface area contributed by atoms with E-state index in [2.05, 4.69) is 6.58 Å². The Morgan fingerprint density at radius 1 is 0.938 bits per heavy atom. The van der Waals surface area contributed by atoms with Gasteiger partial charge in [-0.2, -0.15) is 0 Å². The van der Waals surface area contributed by atoms with Crippen LogP contribution in [0.5, 0.6) is 11.5 Å². The fourth-order valence-corrected chi connectivity index (χ4v) is 3.48. The summed E-state index contributed by atoms with van der Waals surface area (Å²) in [7, 11) is 0. The molecule has 1 aliphatic heterocycles. The van der Waals surface area contributed by atoms with Crippen LogP contribution < -0.4 is 9.47 Å². The Labute approximate surface area is 186 Å². The minimum absolute atomic E-state index is 0.0784. The third-order valence-electron chi connectivity index (χ3n) is 5.07. The van der Waals surface area contributed by atoms with Crippen molar-refractivity contribution in [3.63, 3.8) is 0 Å². The van der Waals surface area contributed by atoms with Crippen molar-refractivity contribution in [1.82, 2.24) is 9.80 Å². The fourth-order valence-electron chi connectivity index (χ4n) is 3.48. The van der Waals surface area contributed by atoms with E-state index in [0.717, 1.165) is 5.56 Å². The first-order valence-electron chi connectivity index (χ1n) is 10.3. The Morgan fingerprint density at radius 3 is 2.50 bits per heavy atom. The van der Waals surface area contributed by atoms with Crippen LogP contribution in [0, 0.1) is 0 Å². The number of fused-ring (bicyclic) bond motifs is 1. The van der Waals surface area contributed by atoms with Crippen molar-refractivity contribution < 1.29 is 23.5 Å². The molecule has 0 bridgehead atoms. The summed E-state index contributed by atoms with van der Waals surface area (Å²) in [5, 5.41) is 0. The van der Waals surface area contributed by atoms with Gasteiger partial charge in [0.15, 0.2) is 11.5 Å². The molecule has 0 aliphatic carbocycles. The average molecular weight is 432 g/mol. The molecule has 7 nitrogen and oxygen atoms in total. The van der Waals surface area contributed by atoms with E-state index >= 15 is 0 Å². The number of carbonyl (C=O) groups excluding carboxylic acids is 2. The molecule has 0 atom stereocenters. The minimum atomic E-state index is -0.222. The standard InChI is InChI=1S/C25H24N2O5/c1-2-12-26(25(29)20-7-4-3-5-8-20)17-24(28)27(16-21-9-6-13-30-21)15-19-10-11-22-23(14-19)32-18-31-22/h2-11,13-14H,1,12,15-18H2. The van der Waals surface area contributed by atoms with Crippen molar-refractivity contribution >= 4 is 11.8 Å². The lowest BCUT2D eigenvalue weighted by atomic mass is 10.1. The maximum atomic E-state index is 13.3. The van der Waals surface area contributed by atoms with Crippen LogP contribution in [0.2, 0.25) is 0 Å². The van der Waals surface area contributed by atoms with E-state index in [1.807, 2.05) is 30.3 Å². The van der Waals surface area contributed by atoms with Gasteiger partial charge in [0, 0.05) is 18.7 Å². The number of amides is 2. The Morgan fingerprint density at radius 2 is 1.75 bits per heavy atom. The van der Waals surface area contributed by atoms with Crippen LogP contribution in [-0.2, 0) is 17.9 Å². The van der Waals surface area contributed by atoms with Crippen LogP contribution in [0.15, 0.2) is 84.0 Å². The summed E-state index contributed by atoms with van der Waals surface area (Å²) in [6.07, 6.45) is 3.18. The number of hydrogen-bond acceptors (Lipinski definition) is 5. The summed E-state index contributed by atoms with van der Waals surface area (Å²) in [5.74, 6) is 1.57. The highest BCUT2D eigenvalue weighted by Crippen LogP contribution is 2.33. The molecule has 3 aromatic rings. The van der Waals surface area contributed by atoms with Gasteiger partial charge < -0.3 is 23.7 Å². The largest absolute Gasteiger partial charge is 0.467 e. The molecule has 4 rings (SSSR count). The summed E-state index contributed by atoms with van der Waals surface area (Å²) in [4.78, 5) is 29.4. The first-order chi connectivity index (χ1) is 15.6. The first kappa shape index (κ1) is 21.2. The molecule has 164 valence electrons. The molecule has 0 spiro atoms. The van der Waals surface area contributed by atoms with Crippen molar-refractivity contribution in [2.45, 2.75) is 13.1 Å². The molecule has 1 aromatic heterocycles. The van der Waals surface area contributed by atoms with Crippen LogP contribution in [0.1, 0.15) is 21.7 Å². The summed E-state index contributed by atoms with van der Waals surface area (Å²) < 4.78 is 16.3. The van der Waals surface area contributed by atoms with Crippen molar-refractivity contribution in [3.05, 3.63) is 96.5 Å². The fraction of sp³-hybridized carbons (Fsp3) is 0.200. The molecule has 2 amide bonds. The maximum Gasteiger partial charge on any atom is 0.254 e. The van der Waals surface area contributed by atoms with Gasteiger partial charge >= 0.3 is 0 Å². The molecule has 0 unspecified atom stereocenters. The summed E-state index contributed by atoms with van der Waals surface area (Å²) in [5.41, 5.74) is 1.41. The molecule has 0 radical (unpaired) electrons. The van der Waals surface area contributed by atoms with Crippen molar-refractivity contribution in [2.75, 3.05) is 19.9 Å². The predicted octanol–water partition coefficient (Wildman–Crippen LogP) is 3.87. The number of hydrogen-bond donors (Lipinski definition) is 0. The molecule has 7 heteroatoms. The Hall–Kier alpha value is -4.00. The van der Waals surface area contributed by atoms with Crippen LogP contribution >= 0.6 is 0 Å². The zero-order chi connectivity index (χ0) is 22.3. The third-order valence-corrected chi connectivity index (χ3v) is 5.07. The summed E-state index contributed by atoms with van der Waals surface area (Å²) >= 11 is 0. The maximum absolute atomic E-state index is 13.3. The molecule has 1 aliphatic rings. The lowest BCUT2D eigenvalue weighted by molar-refractivity contribution is -0.133. The highest BCUT2D eigenvalue weighted by molar-refractivity contribution is 5.96. The van der Waals surface area contributed by atoms with Gasteiger partial charge in [0.1, 0.15) is 12.3 Å². The van der Waals surface area contributed by atoms with Crippen molar-refractivity contribution in [2.24, 2.45) is 0 Å². The number of rotatable bonds is 9. The molecular weight excluding hydrogens is 408 g/mol. The van der Waals surface area contributed by atoms with Gasteiger partial charge in [0.05, 0.1) is 12.8 Å². The van der Waals surface area contributed by atoms with Gasteiger partial charge in [-0.1, -0.05) is 30.3 Å². The number of ether oxygens (including phenoxy) is 2. The van der Waals surface area contributed by atoms with Gasteiger partial charge in [0.2, 0.25) is 12.7 Å². The second-order valence-electron chi connectivity index (χ2n) is 7.36. The van der Waals surface area contributed by atoms with Gasteiger partial charge in [-0.15, -0.1) is 6.58 Å². The normalized spacial score (nSPS) is 11.8. The zero-order valence-electron chi connectivity index (χ0n) is 17.6. The second kappa shape index (κ2) is 9.87. The zero-order valence-corrected chi connectivity index (χ0v) is 17.6. The molecule has 2 aromatic carbocycles. The molecule has 2 heterocycles. The van der Waals surface area contributed by atoms with Crippen molar-refractivity contribution in [1.29, 1.82) is 0 Å². The number of carbonyl (C=O) groups is 2. The van der Waals surface area contributed by atoms with Crippen LogP contribution in [-0.4, -0.2) is 41.5 Å². The van der Waals surface area contributed by atoms with E-state index in [4.69, 9.17) is 13.9 Å². The number of nitrogens with zero attached hydrogens (tertiary/aromatic N) is 2. The molecule has 0 saturated carbocycles. The van der Waals surface area contributed by atoms with E-state index in [1.54, 1.807) is 47.6 Å². The highest BCUT2D eigenvalue weighted by atomic mass is 16.7. The van der Waals surface area contributed by atoms with E-state index in [1.165, 1.54) is 4.90 Å². The summed E-state index contributed by atoms with van der Waals surface area (Å²) in [6, 6.07) is 18.1. The first-order valence-corrected chi connectivity index (χ1v) is 10.3. The Balaban J connectivity index is 1.53. The van der Waals surface area contributed by atoms with Crippen LogP contribution in [0.4, 0.5) is 0 Å². The molecular formula is C25H24N2O5. The average Bonchev–Trinajstić information content (AvgIpc) is 3.50. The third kappa shape index (κ3) is 5.00. The lowest BCUT2D eigenvalue weighted by Gasteiger charge is -2.27. The molecule has 0 fully saturated rings. The Bertz CT molecular complexity index is 1080. The summed E-state index contributed by atoms with van der Waals surface area (Å²) in [6.45, 7) is 4.71. The van der Waals surface area contributed by atoms with E-state index in [0.29, 0.717) is 29.4 Å².